The molecule has 0 radical (unpaired) electrons. The molecule has 1 aliphatic heterocycles. The van der Waals surface area contributed by atoms with Crippen molar-refractivity contribution >= 4 is 35.3 Å². The van der Waals surface area contributed by atoms with Gasteiger partial charge < -0.3 is 9.88 Å². The van der Waals surface area contributed by atoms with Gasteiger partial charge in [0.2, 0.25) is 0 Å². The fourth-order valence-electron chi connectivity index (χ4n) is 3.42. The zero-order valence-electron chi connectivity index (χ0n) is 14.9. The van der Waals surface area contributed by atoms with Crippen LogP contribution in [0.4, 0.5) is 5.69 Å². The van der Waals surface area contributed by atoms with Crippen LogP contribution < -0.4 is 4.90 Å². The molecular weight excluding hydrogens is 330 g/mol. The van der Waals surface area contributed by atoms with Crippen molar-refractivity contribution in [3.8, 4) is 0 Å². The van der Waals surface area contributed by atoms with Crippen LogP contribution in [-0.2, 0) is 6.42 Å². The standard InChI is InChI=1S/C21H23N3.ClH/c1-21(2,3)23-14-24-19-11-7-4-8-15(19)12-20(24)17-13-22-18-10-6-5-9-16(17)18;/h4-11,13-14,20,22H,12H2,1-3H3;1H/b23-14+;. The number of nitrogens with one attached hydrogen (secondary N) is 1. The van der Waals surface area contributed by atoms with Crippen molar-refractivity contribution in [1.29, 1.82) is 0 Å². The molecule has 1 aromatic heterocycles. The van der Waals surface area contributed by atoms with E-state index < -0.39 is 0 Å². The van der Waals surface area contributed by atoms with Crippen LogP contribution in [-0.4, -0.2) is 16.9 Å². The van der Waals surface area contributed by atoms with Gasteiger partial charge in [0.25, 0.3) is 0 Å². The van der Waals surface area contributed by atoms with Crippen molar-refractivity contribution < 1.29 is 0 Å². The smallest absolute Gasteiger partial charge is 0.0906 e. The molecule has 0 aliphatic carbocycles. The maximum absolute atomic E-state index is 4.77. The first-order valence-electron chi connectivity index (χ1n) is 8.50. The van der Waals surface area contributed by atoms with Gasteiger partial charge in [-0.05, 0) is 44.9 Å². The third-order valence-corrected chi connectivity index (χ3v) is 4.57. The van der Waals surface area contributed by atoms with Gasteiger partial charge in [-0.1, -0.05) is 36.4 Å². The van der Waals surface area contributed by atoms with Crippen molar-refractivity contribution in [3.05, 3.63) is 65.9 Å². The number of hydrogen-bond acceptors (Lipinski definition) is 1. The van der Waals surface area contributed by atoms with Gasteiger partial charge in [0.15, 0.2) is 0 Å². The lowest BCUT2D eigenvalue weighted by molar-refractivity contribution is 0.583. The molecule has 1 aliphatic rings. The van der Waals surface area contributed by atoms with Gasteiger partial charge >= 0.3 is 0 Å². The monoisotopic (exact) mass is 353 g/mol. The number of aromatic nitrogens is 1. The number of H-pyrrole nitrogens is 1. The fourth-order valence-corrected chi connectivity index (χ4v) is 3.42. The maximum atomic E-state index is 4.77. The summed E-state index contributed by atoms with van der Waals surface area (Å²) in [5, 5.41) is 1.30. The third kappa shape index (κ3) is 3.29. The number of rotatable bonds is 2. The Labute approximate surface area is 155 Å². The second kappa shape index (κ2) is 6.57. The molecule has 25 heavy (non-hydrogen) atoms. The highest BCUT2D eigenvalue weighted by atomic mass is 35.5. The second-order valence-electron chi connectivity index (χ2n) is 7.46. The van der Waals surface area contributed by atoms with Crippen molar-refractivity contribution in [1.82, 2.24) is 4.98 Å². The number of anilines is 1. The Kier molecular flexibility index (Phi) is 4.61. The minimum absolute atomic E-state index is 0. The van der Waals surface area contributed by atoms with Crippen molar-refractivity contribution in [2.24, 2.45) is 4.99 Å². The van der Waals surface area contributed by atoms with Crippen LogP contribution >= 0.6 is 12.4 Å². The van der Waals surface area contributed by atoms with Crippen LogP contribution in [0.5, 0.6) is 0 Å². The molecule has 2 aromatic carbocycles. The molecule has 1 atom stereocenters. The summed E-state index contributed by atoms with van der Waals surface area (Å²) < 4.78 is 0. The van der Waals surface area contributed by atoms with Crippen LogP contribution in [0.25, 0.3) is 10.9 Å². The van der Waals surface area contributed by atoms with E-state index in [1.54, 1.807) is 0 Å². The first kappa shape index (κ1) is 17.6. The van der Waals surface area contributed by atoms with E-state index in [0.717, 1.165) is 6.42 Å². The molecule has 0 bridgehead atoms. The Bertz CT molecular complexity index is 905. The molecule has 3 nitrogen and oxygen atoms in total. The van der Waals surface area contributed by atoms with Gasteiger partial charge in [0, 0.05) is 28.4 Å². The Morgan fingerprint density at radius 1 is 1.08 bits per heavy atom. The molecule has 0 saturated heterocycles. The highest BCUT2D eigenvalue weighted by molar-refractivity contribution is 5.89. The Morgan fingerprint density at radius 3 is 2.60 bits per heavy atom. The zero-order valence-corrected chi connectivity index (χ0v) is 15.7. The Hall–Kier alpha value is -2.26. The summed E-state index contributed by atoms with van der Waals surface area (Å²) in [6, 6.07) is 17.4. The molecule has 0 saturated carbocycles. The molecular formula is C21H24ClN3. The van der Waals surface area contributed by atoms with Crippen LogP contribution in [0, 0.1) is 0 Å². The number of nitrogens with zero attached hydrogens (tertiary/aromatic N) is 2. The predicted molar refractivity (Wildman–Crippen MR) is 109 cm³/mol. The SMILES string of the molecule is CC(C)(C)/N=C/N1c2ccccc2CC1c1c[nH]c2ccccc12.Cl. The van der Waals surface area contributed by atoms with Gasteiger partial charge in [-0.3, -0.25) is 4.99 Å². The van der Waals surface area contributed by atoms with E-state index in [-0.39, 0.29) is 24.0 Å². The van der Waals surface area contributed by atoms with E-state index in [1.165, 1.54) is 27.7 Å². The molecule has 1 N–H and O–H groups in total. The second-order valence-corrected chi connectivity index (χ2v) is 7.46. The summed E-state index contributed by atoms with van der Waals surface area (Å²) >= 11 is 0. The lowest BCUT2D eigenvalue weighted by atomic mass is 10.0. The summed E-state index contributed by atoms with van der Waals surface area (Å²) in [7, 11) is 0. The average molecular weight is 354 g/mol. The summed E-state index contributed by atoms with van der Waals surface area (Å²) in [6.45, 7) is 6.39. The number of hydrogen-bond donors (Lipinski definition) is 1. The minimum Gasteiger partial charge on any atom is -0.361 e. The third-order valence-electron chi connectivity index (χ3n) is 4.57. The number of para-hydroxylation sites is 2. The highest BCUT2D eigenvalue weighted by Gasteiger charge is 2.31. The van der Waals surface area contributed by atoms with Gasteiger partial charge in [-0.15, -0.1) is 12.4 Å². The van der Waals surface area contributed by atoms with Gasteiger partial charge in [-0.25, -0.2) is 0 Å². The number of halogens is 1. The molecule has 4 rings (SSSR count). The van der Waals surface area contributed by atoms with Gasteiger partial charge in [0.1, 0.15) is 0 Å². The molecule has 0 amide bonds. The highest BCUT2D eigenvalue weighted by Crippen LogP contribution is 2.41. The summed E-state index contributed by atoms with van der Waals surface area (Å²) in [5.41, 5.74) is 5.09. The fraction of sp³-hybridized carbons (Fsp3) is 0.286. The lowest BCUT2D eigenvalue weighted by Crippen LogP contribution is -2.25. The van der Waals surface area contributed by atoms with Crippen LogP contribution in [0.15, 0.2) is 59.7 Å². The van der Waals surface area contributed by atoms with Crippen molar-refractivity contribution in [3.63, 3.8) is 0 Å². The molecule has 3 aromatic rings. The normalized spacial score (nSPS) is 17.1. The minimum atomic E-state index is -0.0811. The zero-order chi connectivity index (χ0) is 16.7. The Balaban J connectivity index is 0.00000182. The largest absolute Gasteiger partial charge is 0.361 e. The molecule has 0 fully saturated rings. The van der Waals surface area contributed by atoms with Crippen LogP contribution in [0.3, 0.4) is 0 Å². The summed E-state index contributed by atoms with van der Waals surface area (Å²) in [5.74, 6) is 0. The molecule has 4 heteroatoms. The van der Waals surface area contributed by atoms with E-state index in [4.69, 9.17) is 4.99 Å². The quantitative estimate of drug-likeness (QED) is 0.477. The predicted octanol–water partition coefficient (Wildman–Crippen LogP) is 5.52. The van der Waals surface area contributed by atoms with Gasteiger partial charge in [0.05, 0.1) is 17.9 Å². The first-order valence-corrected chi connectivity index (χ1v) is 8.50. The van der Waals surface area contributed by atoms with E-state index in [2.05, 4.69) is 85.4 Å². The lowest BCUT2D eigenvalue weighted by Gasteiger charge is -2.24. The van der Waals surface area contributed by atoms with Crippen molar-refractivity contribution in [2.75, 3.05) is 4.90 Å². The summed E-state index contributed by atoms with van der Waals surface area (Å²) in [6.07, 6.45) is 5.19. The number of fused-ring (bicyclic) bond motifs is 2. The average Bonchev–Trinajstić information content (AvgIpc) is 3.13. The van der Waals surface area contributed by atoms with E-state index in [9.17, 15) is 0 Å². The number of aliphatic imine (C=N–C) groups is 1. The van der Waals surface area contributed by atoms with E-state index in [1.807, 2.05) is 6.34 Å². The topological polar surface area (TPSA) is 31.4 Å². The number of aromatic amines is 1. The summed E-state index contributed by atoms with van der Waals surface area (Å²) in [4.78, 5) is 10.5. The van der Waals surface area contributed by atoms with Gasteiger partial charge in [-0.2, -0.15) is 0 Å². The van der Waals surface area contributed by atoms with Crippen LogP contribution in [0.2, 0.25) is 0 Å². The van der Waals surface area contributed by atoms with Crippen LogP contribution in [0.1, 0.15) is 37.9 Å². The number of benzene rings is 2. The van der Waals surface area contributed by atoms with E-state index in [0.29, 0.717) is 0 Å². The maximum Gasteiger partial charge on any atom is 0.0906 e. The molecule has 2 heterocycles. The molecule has 0 spiro atoms. The molecule has 130 valence electrons. The van der Waals surface area contributed by atoms with Crippen molar-refractivity contribution in [2.45, 2.75) is 38.8 Å². The van der Waals surface area contributed by atoms with E-state index >= 15 is 0 Å². The Morgan fingerprint density at radius 2 is 1.80 bits per heavy atom. The first-order chi connectivity index (χ1) is 11.5. The molecule has 1 unspecified atom stereocenters.